The van der Waals surface area contributed by atoms with Crippen molar-refractivity contribution >= 4 is 69.7 Å². The Balaban J connectivity index is 0.000000225. The Bertz CT molecular complexity index is 1940. The lowest BCUT2D eigenvalue weighted by atomic mass is 10.1. The molecule has 17 heteroatoms. The third kappa shape index (κ3) is 11.0. The lowest BCUT2D eigenvalue weighted by Crippen LogP contribution is -2.40. The molecular formula is C33H46BrN11O4Si. The molecule has 0 aromatic carbocycles. The van der Waals surface area contributed by atoms with Gasteiger partial charge in [-0.15, -0.1) is 0 Å². The van der Waals surface area contributed by atoms with E-state index in [9.17, 15) is 9.59 Å². The molecule has 0 spiro atoms. The molecular weight excluding hydrogens is 722 g/mol. The van der Waals surface area contributed by atoms with Crippen molar-refractivity contribution in [2.45, 2.75) is 85.0 Å². The van der Waals surface area contributed by atoms with E-state index in [2.05, 4.69) is 86.4 Å². The fourth-order valence-electron chi connectivity index (χ4n) is 4.41. The van der Waals surface area contributed by atoms with Gasteiger partial charge in [-0.1, -0.05) is 19.6 Å². The number of nitrogens with one attached hydrogen (secondary N) is 4. The van der Waals surface area contributed by atoms with Crippen LogP contribution in [0.3, 0.4) is 0 Å². The van der Waals surface area contributed by atoms with Crippen LogP contribution in [0.4, 0.5) is 11.5 Å². The molecule has 0 aliphatic rings. The average molecular weight is 769 g/mol. The number of ether oxygens (including phenoxy) is 2. The van der Waals surface area contributed by atoms with Gasteiger partial charge in [-0.2, -0.15) is 0 Å². The quantitative estimate of drug-likeness (QED) is 0.0956. The molecule has 5 rings (SSSR count). The summed E-state index contributed by atoms with van der Waals surface area (Å²) in [7, 11) is 0.369. The summed E-state index contributed by atoms with van der Waals surface area (Å²) in [4.78, 5) is 53.6. The summed E-state index contributed by atoms with van der Waals surface area (Å²) in [6, 6.07) is 1.37. The van der Waals surface area contributed by atoms with E-state index in [-0.39, 0.29) is 28.9 Å². The van der Waals surface area contributed by atoms with Crippen molar-refractivity contribution in [3.8, 4) is 6.01 Å². The van der Waals surface area contributed by atoms with E-state index in [1.165, 1.54) is 7.11 Å². The normalized spacial score (nSPS) is 12.0. The summed E-state index contributed by atoms with van der Waals surface area (Å²) in [6.07, 6.45) is 9.71. The molecule has 15 nitrogen and oxygen atoms in total. The predicted molar refractivity (Wildman–Crippen MR) is 200 cm³/mol. The van der Waals surface area contributed by atoms with Gasteiger partial charge in [0.1, 0.15) is 28.2 Å². The van der Waals surface area contributed by atoms with Gasteiger partial charge in [0.25, 0.3) is 11.8 Å². The number of hydrogen-bond acceptors (Lipinski definition) is 11. The second-order valence-electron chi connectivity index (χ2n) is 14.9. The number of aromatic amines is 1. The lowest BCUT2D eigenvalue weighted by Gasteiger charge is -2.20. The van der Waals surface area contributed by atoms with Crippen LogP contribution >= 0.6 is 15.9 Å². The Morgan fingerprint density at radius 2 is 1.52 bits per heavy atom. The Labute approximate surface area is 301 Å². The van der Waals surface area contributed by atoms with Gasteiger partial charge in [0.05, 0.1) is 48.7 Å². The van der Waals surface area contributed by atoms with Crippen LogP contribution < -0.4 is 20.7 Å². The van der Waals surface area contributed by atoms with Crippen molar-refractivity contribution < 1.29 is 19.1 Å². The van der Waals surface area contributed by atoms with E-state index in [1.807, 2.05) is 46.1 Å². The number of carbonyl (C=O) groups excluding carboxylic acids is 2. The number of amides is 2. The van der Waals surface area contributed by atoms with Gasteiger partial charge >= 0.3 is 6.01 Å². The van der Waals surface area contributed by atoms with E-state index in [1.54, 1.807) is 37.2 Å². The minimum Gasteiger partial charge on any atom is -0.467 e. The molecule has 0 saturated heterocycles. The molecule has 0 fully saturated rings. The summed E-state index contributed by atoms with van der Waals surface area (Å²) in [5.74, 6) is 0.106. The largest absolute Gasteiger partial charge is 0.467 e. The monoisotopic (exact) mass is 767 g/mol. The lowest BCUT2D eigenvalue weighted by molar-refractivity contribution is 0.0884. The first-order valence-electron chi connectivity index (χ1n) is 16.0. The maximum absolute atomic E-state index is 12.6. The van der Waals surface area contributed by atoms with Crippen molar-refractivity contribution in [1.29, 1.82) is 0 Å². The van der Waals surface area contributed by atoms with Crippen molar-refractivity contribution in [3.63, 3.8) is 0 Å². The smallest absolute Gasteiger partial charge is 0.316 e. The maximum Gasteiger partial charge on any atom is 0.316 e. The molecule has 2 amide bonds. The van der Waals surface area contributed by atoms with Crippen molar-refractivity contribution in [2.24, 2.45) is 0 Å². The highest BCUT2D eigenvalue weighted by molar-refractivity contribution is 9.10. The van der Waals surface area contributed by atoms with Gasteiger partial charge in [0.15, 0.2) is 11.3 Å². The molecule has 5 aromatic heterocycles. The number of hydrogen-bond donors (Lipinski definition) is 4. The SMILES string of the molecule is CC(C)(C)NC(=O)c1cn(COCC[Si](C)(C)C)c2ncc(Br)nc12.COc1ncc(Nc2cnc3[nH]cc(C(=O)NC(C)(C)C)c3n2)cn1. The Kier molecular flexibility index (Phi) is 12.0. The second-order valence-corrected chi connectivity index (χ2v) is 21.3. The van der Waals surface area contributed by atoms with Crippen molar-refractivity contribution in [2.75, 3.05) is 19.0 Å². The molecule has 5 aromatic rings. The van der Waals surface area contributed by atoms with Gasteiger partial charge in [-0.05, 0) is 63.5 Å². The van der Waals surface area contributed by atoms with E-state index >= 15 is 0 Å². The zero-order chi connectivity index (χ0) is 36.9. The number of rotatable bonds is 10. The van der Waals surface area contributed by atoms with Gasteiger partial charge in [-0.3, -0.25) is 9.59 Å². The molecule has 4 N–H and O–H groups in total. The first kappa shape index (κ1) is 38.3. The van der Waals surface area contributed by atoms with Crippen LogP contribution in [0.25, 0.3) is 22.3 Å². The van der Waals surface area contributed by atoms with E-state index in [4.69, 9.17) is 9.47 Å². The highest BCUT2D eigenvalue weighted by Crippen LogP contribution is 2.22. The highest BCUT2D eigenvalue weighted by atomic mass is 79.9. The number of anilines is 2. The minimum absolute atomic E-state index is 0.161. The Morgan fingerprint density at radius 1 is 0.880 bits per heavy atom. The van der Waals surface area contributed by atoms with Crippen LogP contribution in [0.5, 0.6) is 6.01 Å². The van der Waals surface area contributed by atoms with Gasteiger partial charge in [0, 0.05) is 38.2 Å². The van der Waals surface area contributed by atoms with Crippen LogP contribution in [0, 0.1) is 0 Å². The van der Waals surface area contributed by atoms with Crippen molar-refractivity contribution in [1.82, 2.24) is 50.1 Å². The Morgan fingerprint density at radius 3 is 2.12 bits per heavy atom. The zero-order valence-corrected chi connectivity index (χ0v) is 32.8. The number of H-pyrrole nitrogens is 1. The summed E-state index contributed by atoms with van der Waals surface area (Å²) >= 11 is 3.33. The molecule has 0 unspecified atom stereocenters. The molecule has 268 valence electrons. The standard InChI is InChI=1S/C17H27BrN4O2Si.C16H19N7O2/c1-17(2,3)21-16(23)12-10-22(11-24-7-8-25(4,5)6)15-14(12)20-13(18)9-19-15;1-16(2,3)23-14(24)10-7-17-13-12(10)22-11(8-18-13)21-9-5-19-15(25-4)20-6-9/h9-10H,7-8,11H2,1-6H3,(H,21,23);5-8H,1-4H3,(H,17,18)(H,21,22)(H,23,24). The first-order chi connectivity index (χ1) is 23.3. The molecule has 0 atom stereocenters. The van der Waals surface area contributed by atoms with E-state index in [0.717, 1.165) is 6.04 Å². The number of carbonyl (C=O) groups is 2. The Hall–Kier alpha value is -4.48. The molecule has 0 aliphatic heterocycles. The maximum atomic E-state index is 12.6. The minimum atomic E-state index is -1.13. The third-order valence-electron chi connectivity index (χ3n) is 6.69. The second kappa shape index (κ2) is 15.6. The van der Waals surface area contributed by atoms with Gasteiger partial charge in [-0.25, -0.2) is 29.9 Å². The van der Waals surface area contributed by atoms with Gasteiger partial charge < -0.3 is 35.0 Å². The van der Waals surface area contributed by atoms with E-state index < -0.39 is 8.07 Å². The summed E-state index contributed by atoms with van der Waals surface area (Å²) in [6.45, 7) is 19.6. The molecule has 5 heterocycles. The summed E-state index contributed by atoms with van der Waals surface area (Å²) in [5.41, 5.74) is 3.16. The average Bonchev–Trinajstić information content (AvgIpc) is 3.59. The van der Waals surface area contributed by atoms with Crippen LogP contribution in [-0.4, -0.2) is 84.1 Å². The number of fused-ring (bicyclic) bond motifs is 2. The van der Waals surface area contributed by atoms with Crippen LogP contribution in [0.15, 0.2) is 41.8 Å². The van der Waals surface area contributed by atoms with Gasteiger partial charge in [0.2, 0.25) is 0 Å². The predicted octanol–water partition coefficient (Wildman–Crippen LogP) is 6.06. The molecule has 0 bridgehead atoms. The van der Waals surface area contributed by atoms with Crippen LogP contribution in [-0.2, 0) is 11.5 Å². The highest BCUT2D eigenvalue weighted by Gasteiger charge is 2.23. The summed E-state index contributed by atoms with van der Waals surface area (Å²) < 4.78 is 13.2. The van der Waals surface area contributed by atoms with Crippen LogP contribution in [0.1, 0.15) is 62.3 Å². The molecule has 0 radical (unpaired) electrons. The van der Waals surface area contributed by atoms with Crippen molar-refractivity contribution in [3.05, 3.63) is 52.9 Å². The third-order valence-corrected chi connectivity index (χ3v) is 8.78. The first-order valence-corrected chi connectivity index (χ1v) is 20.5. The van der Waals surface area contributed by atoms with E-state index in [0.29, 0.717) is 62.9 Å². The number of aromatic nitrogens is 8. The molecule has 0 saturated carbocycles. The number of halogens is 1. The summed E-state index contributed by atoms with van der Waals surface area (Å²) in [5, 5.41) is 8.94. The fraction of sp³-hybridized carbons (Fsp3) is 0.455. The topological polar surface area (TPSA) is 187 Å². The molecule has 0 aliphatic carbocycles. The number of nitrogens with zero attached hydrogens (tertiary/aromatic N) is 7. The fourth-order valence-corrected chi connectivity index (χ4v) is 5.45. The number of methoxy groups -OCH3 is 1. The zero-order valence-electron chi connectivity index (χ0n) is 30.2. The van der Waals surface area contributed by atoms with Crippen LogP contribution in [0.2, 0.25) is 25.7 Å². The molecule has 50 heavy (non-hydrogen) atoms.